The van der Waals surface area contributed by atoms with Crippen molar-refractivity contribution in [2.75, 3.05) is 13.2 Å². The van der Waals surface area contributed by atoms with Crippen LogP contribution >= 0.6 is 0 Å². The van der Waals surface area contributed by atoms with Crippen LogP contribution in [0.25, 0.3) is 0 Å². The minimum Gasteiger partial charge on any atom is -0.481 e. The zero-order valence-corrected chi connectivity index (χ0v) is 36.7. The van der Waals surface area contributed by atoms with Gasteiger partial charge >= 0.3 is 29.8 Å². The molecule has 1 unspecified atom stereocenters. The molecule has 0 aromatic carbocycles. The van der Waals surface area contributed by atoms with E-state index in [-0.39, 0.29) is 58.2 Å². The van der Waals surface area contributed by atoms with E-state index in [2.05, 4.69) is 5.32 Å². The predicted octanol–water partition coefficient (Wildman–Crippen LogP) is 5.73. The lowest BCUT2D eigenvalue weighted by Crippen LogP contribution is -2.55. The van der Waals surface area contributed by atoms with Crippen LogP contribution in [0.2, 0.25) is 0 Å². The number of nitrogens with zero attached hydrogens (tertiary/aromatic N) is 3. The van der Waals surface area contributed by atoms with Crippen molar-refractivity contribution in [3.8, 4) is 0 Å². The fourth-order valence-electron chi connectivity index (χ4n) is 11.9. The average Bonchev–Trinajstić information content (AvgIpc) is 3.75. The number of allylic oxidation sites excluding steroid dienone is 6. The van der Waals surface area contributed by atoms with E-state index in [1.54, 1.807) is 20.8 Å². The molecule has 1 fully saturated rings. The maximum atomic E-state index is 13.1. The Balaban J connectivity index is 2.01. The van der Waals surface area contributed by atoms with Gasteiger partial charge in [0.25, 0.3) is 0 Å². The van der Waals surface area contributed by atoms with Gasteiger partial charge in [0, 0.05) is 100 Å². The number of rotatable bonds is 18. The Kier molecular flexibility index (Phi) is 13.4. The Labute approximate surface area is 356 Å². The maximum absolute atomic E-state index is 13.1. The number of aliphatic imine (C=N–C) groups is 3. The van der Waals surface area contributed by atoms with Crippen molar-refractivity contribution in [1.29, 1.82) is 0 Å². The monoisotopic (exact) mass is 852 g/mol. The summed E-state index contributed by atoms with van der Waals surface area (Å²) in [7, 11) is 0. The predicted molar refractivity (Wildman–Crippen MR) is 226 cm³/mol. The molecule has 0 saturated carbocycles. The standard InChI is InChI=1S/C45H64N4O12/c1-23-36-26(11-14-32(54)55)41(3,4)30(47-36)20-29-25(10-13-31(52)53)43(6,21-34(58)59)39(46-29)24(2)37-27(12-15-33(56)57)44(7,22-35(60)61)45(8,49-37)40-28(16-19-51)42(5,17-9-18-50)38(23)48-40/h20,25-28,40,47,50-51H,9-19,21-22H2,1-8H3,(H,52,53)(H,54,55)(H,56,57)(H,58,59)(H,60,61)/b30-20-,36-23?,39-24-/t25-,26-,27-,28+,40?,42-,43+,44+,45+/m1/s1. The van der Waals surface area contributed by atoms with Crippen molar-refractivity contribution in [3.05, 3.63) is 34.3 Å². The van der Waals surface area contributed by atoms with E-state index in [0.717, 1.165) is 5.57 Å². The van der Waals surface area contributed by atoms with Crippen LogP contribution in [-0.2, 0) is 24.0 Å². The molecule has 336 valence electrons. The normalized spacial score (nSPS) is 35.9. The molecule has 0 radical (unpaired) electrons. The third kappa shape index (κ3) is 8.21. The lowest BCUT2D eigenvalue weighted by Gasteiger charge is -2.48. The van der Waals surface area contributed by atoms with Crippen LogP contribution in [0.3, 0.4) is 0 Å². The zero-order chi connectivity index (χ0) is 45.6. The summed E-state index contributed by atoms with van der Waals surface area (Å²) in [6.45, 7) is 14.6. The topological polar surface area (TPSA) is 276 Å². The lowest BCUT2D eigenvalue weighted by atomic mass is 9.55. The van der Waals surface area contributed by atoms with E-state index < -0.39 is 99.6 Å². The number of hydrogen-bond acceptors (Lipinski definition) is 11. The minimum atomic E-state index is -1.37. The largest absolute Gasteiger partial charge is 0.481 e. The van der Waals surface area contributed by atoms with E-state index in [9.17, 15) is 59.7 Å². The van der Waals surface area contributed by atoms with Gasteiger partial charge in [-0.3, -0.25) is 38.9 Å². The van der Waals surface area contributed by atoms with Crippen molar-refractivity contribution in [1.82, 2.24) is 5.32 Å². The second-order valence-corrected chi connectivity index (χ2v) is 19.3. The molecule has 5 rings (SSSR count). The summed E-state index contributed by atoms with van der Waals surface area (Å²) in [4.78, 5) is 78.7. The van der Waals surface area contributed by atoms with E-state index in [1.807, 2.05) is 40.7 Å². The molecule has 0 spiro atoms. The van der Waals surface area contributed by atoms with Gasteiger partial charge in [0.05, 0.1) is 30.1 Å². The Morgan fingerprint density at radius 2 is 1.25 bits per heavy atom. The van der Waals surface area contributed by atoms with Gasteiger partial charge in [-0.25, -0.2) is 0 Å². The number of aliphatic hydroxyl groups excluding tert-OH is 2. The van der Waals surface area contributed by atoms with Gasteiger partial charge in [-0.05, 0) is 82.4 Å². The molecule has 8 N–H and O–H groups in total. The molecule has 61 heavy (non-hydrogen) atoms. The molecule has 5 heterocycles. The van der Waals surface area contributed by atoms with Gasteiger partial charge < -0.3 is 41.1 Å². The van der Waals surface area contributed by atoms with Crippen molar-refractivity contribution in [2.24, 2.45) is 60.3 Å². The van der Waals surface area contributed by atoms with Gasteiger partial charge in [-0.15, -0.1) is 0 Å². The molecule has 8 bridgehead atoms. The number of aliphatic carboxylic acids is 5. The van der Waals surface area contributed by atoms with E-state index >= 15 is 0 Å². The zero-order valence-electron chi connectivity index (χ0n) is 36.7. The molecule has 1 saturated heterocycles. The van der Waals surface area contributed by atoms with Crippen LogP contribution < -0.4 is 5.32 Å². The quantitative estimate of drug-likeness (QED) is 0.0819. The molecule has 16 heteroatoms. The molecule has 0 amide bonds. The van der Waals surface area contributed by atoms with Gasteiger partial charge in [0.15, 0.2) is 0 Å². The third-order valence-electron chi connectivity index (χ3n) is 15.3. The second kappa shape index (κ2) is 17.2. The van der Waals surface area contributed by atoms with Crippen LogP contribution in [0.1, 0.15) is 126 Å². The average molecular weight is 853 g/mol. The number of nitrogens with one attached hydrogen (secondary N) is 1. The highest BCUT2D eigenvalue weighted by atomic mass is 16.4. The molecule has 0 aromatic heterocycles. The van der Waals surface area contributed by atoms with E-state index in [1.165, 1.54) is 0 Å². The highest BCUT2D eigenvalue weighted by Gasteiger charge is 2.66. The molecule has 0 aromatic rings. The molecule has 0 aliphatic carbocycles. The minimum absolute atomic E-state index is 0.0148. The molecule has 9 atom stereocenters. The van der Waals surface area contributed by atoms with Crippen molar-refractivity contribution < 1.29 is 59.7 Å². The Bertz CT molecular complexity index is 2050. The van der Waals surface area contributed by atoms with Gasteiger partial charge in [-0.2, -0.15) is 0 Å². The summed E-state index contributed by atoms with van der Waals surface area (Å²) in [6.07, 6.45) is 1.44. The Morgan fingerprint density at radius 1 is 0.689 bits per heavy atom. The molecule has 5 aliphatic rings. The smallest absolute Gasteiger partial charge is 0.304 e. The van der Waals surface area contributed by atoms with Gasteiger partial charge in [0.2, 0.25) is 0 Å². The van der Waals surface area contributed by atoms with Crippen molar-refractivity contribution in [2.45, 2.75) is 138 Å². The van der Waals surface area contributed by atoms with Crippen LogP contribution in [-0.4, -0.2) is 108 Å². The number of carboxylic acids is 5. The molecular formula is C45H64N4O12. The summed E-state index contributed by atoms with van der Waals surface area (Å²) in [5.74, 6) is -7.87. The van der Waals surface area contributed by atoms with Gasteiger partial charge in [0.1, 0.15) is 0 Å². The SMILES string of the molecule is CC1=C2N/C(=C\C3=NC(=C(/C)C4=N[C@@](C)(C5N=C1[C@](C)(CCCO)[C@H]5CCO)[C@@](C)(CC(=O)O)[C@@H]4CCC(=O)O)/[C@@](C)(CC(=O)O)[C@@H]3CCC(=O)O)C(C)(C)[C@@H]2CCC(=O)O. The first-order chi connectivity index (χ1) is 28.3. The summed E-state index contributed by atoms with van der Waals surface area (Å²) in [5, 5.41) is 75.6. The highest BCUT2D eigenvalue weighted by molar-refractivity contribution is 6.09. The third-order valence-corrected chi connectivity index (χ3v) is 15.3. The second-order valence-electron chi connectivity index (χ2n) is 19.3. The van der Waals surface area contributed by atoms with E-state index in [4.69, 9.17) is 15.0 Å². The fourth-order valence-corrected chi connectivity index (χ4v) is 11.9. The van der Waals surface area contributed by atoms with Crippen molar-refractivity contribution >= 4 is 47.0 Å². The molecule has 5 aliphatic heterocycles. The summed E-state index contributed by atoms with van der Waals surface area (Å²) < 4.78 is 0. The van der Waals surface area contributed by atoms with Gasteiger partial charge in [-0.1, -0.05) is 34.6 Å². The summed E-state index contributed by atoms with van der Waals surface area (Å²) >= 11 is 0. The Hall–Kier alpha value is -4.70. The Morgan fingerprint density at radius 3 is 1.77 bits per heavy atom. The fraction of sp³-hybridized carbons (Fsp3) is 0.689. The van der Waals surface area contributed by atoms with Crippen LogP contribution in [0.15, 0.2) is 49.3 Å². The van der Waals surface area contributed by atoms with E-state index in [0.29, 0.717) is 52.6 Å². The number of fused-ring (bicyclic) bond motifs is 6. The number of hydrogen-bond donors (Lipinski definition) is 8. The maximum Gasteiger partial charge on any atom is 0.304 e. The molecular weight excluding hydrogens is 789 g/mol. The first kappa shape index (κ1) is 47.4. The first-order valence-corrected chi connectivity index (χ1v) is 21.3. The van der Waals surface area contributed by atoms with Crippen molar-refractivity contribution in [3.63, 3.8) is 0 Å². The lowest BCUT2D eigenvalue weighted by molar-refractivity contribution is -0.142. The summed E-state index contributed by atoms with van der Waals surface area (Å²) in [6, 6.07) is -0.788. The van der Waals surface area contributed by atoms with Crippen LogP contribution in [0.5, 0.6) is 0 Å². The highest BCUT2D eigenvalue weighted by Crippen LogP contribution is 2.62. The first-order valence-electron chi connectivity index (χ1n) is 21.3. The number of carbonyl (C=O) groups is 5. The summed E-state index contributed by atoms with van der Waals surface area (Å²) in [5.41, 5.74) is -1.22. The molecule has 16 nitrogen and oxygen atoms in total. The van der Waals surface area contributed by atoms with Crippen LogP contribution in [0.4, 0.5) is 0 Å². The van der Waals surface area contributed by atoms with Crippen LogP contribution in [0, 0.1) is 45.3 Å². The number of aliphatic hydroxyl groups is 2. The number of carboxylic acid groups (broad SMARTS) is 5.